The summed E-state index contributed by atoms with van der Waals surface area (Å²) in [5.74, 6) is -5.57. The van der Waals surface area contributed by atoms with E-state index in [9.17, 15) is 22.0 Å². The molecule has 3 heterocycles. The molecule has 4 rings (SSSR count). The molecule has 1 aliphatic heterocycles. The lowest BCUT2D eigenvalue weighted by Gasteiger charge is -2.23. The topological polar surface area (TPSA) is 126 Å². The molecule has 0 spiro atoms. The van der Waals surface area contributed by atoms with E-state index in [-0.39, 0.29) is 17.5 Å². The number of carboxylic acid groups (broad SMARTS) is 1. The Morgan fingerprint density at radius 2 is 1.91 bits per heavy atom. The van der Waals surface area contributed by atoms with Crippen molar-refractivity contribution in [2.45, 2.75) is 25.1 Å². The number of carbonyl (C=O) groups is 1. The maximum Gasteiger partial charge on any atom is 0.490 e. The number of aromatic nitrogens is 4. The van der Waals surface area contributed by atoms with Crippen molar-refractivity contribution < 1.29 is 36.6 Å². The van der Waals surface area contributed by atoms with Crippen molar-refractivity contribution in [3.05, 3.63) is 41.9 Å². The molecule has 174 valence electrons. The number of ether oxygens (including phenoxy) is 1. The fraction of sp³-hybridized carbons (Fsp3) is 0.316. The van der Waals surface area contributed by atoms with Gasteiger partial charge in [-0.25, -0.2) is 23.8 Å². The van der Waals surface area contributed by atoms with Gasteiger partial charge in [-0.1, -0.05) is 0 Å². The number of nitriles is 1. The zero-order chi connectivity index (χ0) is 24.2. The molecule has 0 unspecified atom stereocenters. The molecule has 0 aliphatic carbocycles. The third-order valence-electron chi connectivity index (χ3n) is 4.62. The summed E-state index contributed by atoms with van der Waals surface area (Å²) in [6.45, 7) is 1.78. The van der Waals surface area contributed by atoms with Crippen LogP contribution in [0.5, 0.6) is 11.6 Å². The highest BCUT2D eigenvalue weighted by Crippen LogP contribution is 2.33. The summed E-state index contributed by atoms with van der Waals surface area (Å²) in [5.41, 5.74) is 0.429. The first-order chi connectivity index (χ1) is 15.6. The van der Waals surface area contributed by atoms with Crippen LogP contribution in [0.3, 0.4) is 0 Å². The molecule has 2 aromatic heterocycles. The first-order valence-corrected chi connectivity index (χ1v) is 9.38. The predicted octanol–water partition coefficient (Wildman–Crippen LogP) is 3.33. The van der Waals surface area contributed by atoms with Gasteiger partial charge in [-0.15, -0.1) is 0 Å². The van der Waals surface area contributed by atoms with E-state index < -0.39 is 29.5 Å². The number of hydrogen-bond acceptors (Lipinski definition) is 7. The minimum atomic E-state index is -5.08. The Morgan fingerprint density at radius 3 is 2.52 bits per heavy atom. The van der Waals surface area contributed by atoms with Crippen LogP contribution >= 0.6 is 0 Å². The number of fused-ring (bicyclic) bond motifs is 1. The van der Waals surface area contributed by atoms with E-state index in [1.807, 2.05) is 0 Å². The third-order valence-corrected chi connectivity index (χ3v) is 4.62. The van der Waals surface area contributed by atoms with Gasteiger partial charge in [0.15, 0.2) is 17.2 Å². The number of piperidine rings is 1. The predicted molar refractivity (Wildman–Crippen MR) is 101 cm³/mol. The SMILES string of the molecule is N#Cc1ccc(F)c(F)c1Oc1ncnc2c1cnn2C1CCNCC1.O=C(O)C(F)(F)F. The van der Waals surface area contributed by atoms with Crippen molar-refractivity contribution in [3.8, 4) is 17.7 Å². The molecular weight excluding hydrogens is 455 g/mol. The molecule has 33 heavy (non-hydrogen) atoms. The molecule has 0 saturated carbocycles. The van der Waals surface area contributed by atoms with Crippen molar-refractivity contribution in [2.24, 2.45) is 0 Å². The minimum Gasteiger partial charge on any atom is -0.475 e. The fourth-order valence-corrected chi connectivity index (χ4v) is 3.06. The molecule has 1 aliphatic rings. The smallest absolute Gasteiger partial charge is 0.475 e. The third kappa shape index (κ3) is 5.32. The largest absolute Gasteiger partial charge is 0.490 e. The summed E-state index contributed by atoms with van der Waals surface area (Å²) in [6.07, 6.45) is -0.446. The van der Waals surface area contributed by atoms with E-state index in [4.69, 9.17) is 19.9 Å². The minimum absolute atomic E-state index is 0.0242. The normalized spacial score (nSPS) is 14.3. The average molecular weight is 470 g/mol. The summed E-state index contributed by atoms with van der Waals surface area (Å²) in [5, 5.41) is 24.4. The van der Waals surface area contributed by atoms with Crippen LogP contribution in [0.15, 0.2) is 24.7 Å². The zero-order valence-corrected chi connectivity index (χ0v) is 16.6. The number of carboxylic acids is 1. The fourth-order valence-electron chi connectivity index (χ4n) is 3.06. The van der Waals surface area contributed by atoms with Gasteiger partial charge in [0.1, 0.15) is 17.8 Å². The van der Waals surface area contributed by atoms with E-state index in [0.29, 0.717) is 11.0 Å². The average Bonchev–Trinajstić information content (AvgIpc) is 3.22. The highest BCUT2D eigenvalue weighted by atomic mass is 19.4. The second-order valence-corrected chi connectivity index (χ2v) is 6.74. The zero-order valence-electron chi connectivity index (χ0n) is 16.6. The number of alkyl halides is 3. The Hall–Kier alpha value is -3.86. The highest BCUT2D eigenvalue weighted by molar-refractivity contribution is 5.80. The number of rotatable bonds is 3. The van der Waals surface area contributed by atoms with Crippen LogP contribution in [0.1, 0.15) is 24.4 Å². The molecule has 1 aromatic carbocycles. The van der Waals surface area contributed by atoms with Crippen LogP contribution in [0.25, 0.3) is 11.0 Å². The van der Waals surface area contributed by atoms with Gasteiger partial charge >= 0.3 is 12.1 Å². The molecule has 2 N–H and O–H groups in total. The molecule has 1 fully saturated rings. The van der Waals surface area contributed by atoms with Crippen molar-refractivity contribution in [3.63, 3.8) is 0 Å². The lowest BCUT2D eigenvalue weighted by molar-refractivity contribution is -0.192. The first-order valence-electron chi connectivity index (χ1n) is 9.38. The van der Waals surface area contributed by atoms with Gasteiger partial charge in [0.05, 0.1) is 17.8 Å². The second-order valence-electron chi connectivity index (χ2n) is 6.74. The van der Waals surface area contributed by atoms with Gasteiger partial charge in [-0.3, -0.25) is 0 Å². The molecular formula is C19H15F5N6O3. The Kier molecular flexibility index (Phi) is 7.02. The Labute approximate surface area is 182 Å². The Bertz CT molecular complexity index is 1200. The van der Waals surface area contributed by atoms with Crippen LogP contribution in [-0.2, 0) is 4.79 Å². The molecule has 0 radical (unpaired) electrons. The van der Waals surface area contributed by atoms with Crippen LogP contribution in [0, 0.1) is 23.0 Å². The van der Waals surface area contributed by atoms with E-state index in [0.717, 1.165) is 38.1 Å². The standard InChI is InChI=1S/C17H14F2N6O.C2HF3O2/c18-13-2-1-10(7-20)15(14(13)19)26-17-12-8-24-25(16(12)22-9-23-17)11-3-5-21-6-4-11;3-2(4,5)1(6)7/h1-2,8-9,11,21H,3-6H2;(H,6,7). The van der Waals surface area contributed by atoms with Gasteiger partial charge < -0.3 is 15.2 Å². The van der Waals surface area contributed by atoms with Gasteiger partial charge in [0.2, 0.25) is 11.7 Å². The van der Waals surface area contributed by atoms with Crippen LogP contribution in [0.2, 0.25) is 0 Å². The summed E-state index contributed by atoms with van der Waals surface area (Å²) < 4.78 is 66.7. The van der Waals surface area contributed by atoms with E-state index in [1.165, 1.54) is 12.5 Å². The number of hydrogen-bond donors (Lipinski definition) is 2. The summed E-state index contributed by atoms with van der Waals surface area (Å²) in [4.78, 5) is 17.2. The molecule has 1 saturated heterocycles. The number of benzene rings is 1. The highest BCUT2D eigenvalue weighted by Gasteiger charge is 2.38. The molecule has 0 bridgehead atoms. The Morgan fingerprint density at radius 1 is 1.24 bits per heavy atom. The molecule has 0 atom stereocenters. The van der Waals surface area contributed by atoms with Gasteiger partial charge in [0, 0.05) is 0 Å². The number of nitrogens with zero attached hydrogens (tertiary/aromatic N) is 5. The van der Waals surface area contributed by atoms with Crippen LogP contribution in [-0.4, -0.2) is 50.1 Å². The monoisotopic (exact) mass is 470 g/mol. The molecule has 0 amide bonds. The van der Waals surface area contributed by atoms with Gasteiger partial charge in [-0.2, -0.15) is 27.9 Å². The number of nitrogens with one attached hydrogen (secondary N) is 1. The first kappa shape index (κ1) is 23.8. The maximum absolute atomic E-state index is 14.1. The lowest BCUT2D eigenvalue weighted by atomic mass is 10.1. The van der Waals surface area contributed by atoms with Gasteiger partial charge in [0.25, 0.3) is 0 Å². The molecule has 9 nitrogen and oxygen atoms in total. The quantitative estimate of drug-likeness (QED) is 0.559. The number of halogens is 5. The number of aliphatic carboxylic acids is 1. The van der Waals surface area contributed by atoms with Crippen molar-refractivity contribution >= 4 is 17.0 Å². The summed E-state index contributed by atoms with van der Waals surface area (Å²) >= 11 is 0. The maximum atomic E-state index is 14.1. The lowest BCUT2D eigenvalue weighted by Crippen LogP contribution is -2.29. The Balaban J connectivity index is 0.000000383. The van der Waals surface area contributed by atoms with E-state index in [1.54, 1.807) is 10.8 Å². The molecule has 14 heteroatoms. The van der Waals surface area contributed by atoms with Crippen LogP contribution in [0.4, 0.5) is 22.0 Å². The van der Waals surface area contributed by atoms with Crippen LogP contribution < -0.4 is 10.1 Å². The van der Waals surface area contributed by atoms with E-state index in [2.05, 4.69) is 20.4 Å². The van der Waals surface area contributed by atoms with Gasteiger partial charge in [-0.05, 0) is 38.1 Å². The van der Waals surface area contributed by atoms with Crippen molar-refractivity contribution in [2.75, 3.05) is 13.1 Å². The second kappa shape index (κ2) is 9.74. The molecule has 3 aromatic rings. The summed E-state index contributed by atoms with van der Waals surface area (Å²) in [7, 11) is 0. The summed E-state index contributed by atoms with van der Waals surface area (Å²) in [6, 6.07) is 4.02. The van der Waals surface area contributed by atoms with E-state index >= 15 is 0 Å². The van der Waals surface area contributed by atoms with Crippen molar-refractivity contribution in [1.82, 2.24) is 25.1 Å². The van der Waals surface area contributed by atoms with Crippen molar-refractivity contribution in [1.29, 1.82) is 5.26 Å².